The van der Waals surface area contributed by atoms with Crippen LogP contribution in [0.15, 0.2) is 18.2 Å². The molecule has 0 spiro atoms. The summed E-state index contributed by atoms with van der Waals surface area (Å²) in [6, 6.07) is 3.51. The van der Waals surface area contributed by atoms with Gasteiger partial charge in [-0.05, 0) is 6.07 Å². The second-order valence-electron chi connectivity index (χ2n) is 3.35. The van der Waals surface area contributed by atoms with E-state index in [9.17, 15) is 20.2 Å². The molecule has 18 heavy (non-hydrogen) atoms. The van der Waals surface area contributed by atoms with E-state index in [1.807, 2.05) is 0 Å². The maximum atomic E-state index is 10.8. The van der Waals surface area contributed by atoms with Crippen molar-refractivity contribution in [2.75, 3.05) is 17.2 Å². The Kier molecular flexibility index (Phi) is 5.48. The second kappa shape index (κ2) is 6.64. The molecule has 0 aliphatic rings. The third kappa shape index (κ3) is 3.91. The van der Waals surface area contributed by atoms with Crippen LogP contribution < -0.4 is 5.32 Å². The first kappa shape index (κ1) is 14.8. The Labute approximate surface area is 119 Å². The summed E-state index contributed by atoms with van der Waals surface area (Å²) in [6.07, 6.45) is 0. The molecule has 7 nitrogen and oxygen atoms in total. The average Bonchev–Trinajstić information content (AvgIpc) is 2.35. The molecule has 0 amide bonds. The molecule has 0 unspecified atom stereocenters. The third-order valence-electron chi connectivity index (χ3n) is 2.07. The summed E-state index contributed by atoms with van der Waals surface area (Å²) in [4.78, 5) is 20.2. The van der Waals surface area contributed by atoms with Crippen LogP contribution in [-0.2, 0) is 0 Å². The van der Waals surface area contributed by atoms with Crippen LogP contribution in [0.2, 0.25) is 0 Å². The zero-order chi connectivity index (χ0) is 13.7. The highest BCUT2D eigenvalue weighted by Gasteiger charge is 2.19. The maximum absolute atomic E-state index is 10.8. The van der Waals surface area contributed by atoms with E-state index < -0.39 is 9.85 Å². The predicted octanol–water partition coefficient (Wildman–Crippen LogP) is 3.07. The summed E-state index contributed by atoms with van der Waals surface area (Å²) >= 11 is 6.60. The number of nitro benzene ring substituents is 2. The molecular formula is C9H9Br2N3O4. The van der Waals surface area contributed by atoms with E-state index in [0.717, 1.165) is 6.07 Å². The molecule has 1 atom stereocenters. The van der Waals surface area contributed by atoms with Crippen LogP contribution in [-0.4, -0.2) is 26.5 Å². The standard InChI is InChI=1S/C9H9Br2N3O4/c10-4-6(11)5-12-8-2-1-7(13(15)16)3-9(8)14(17)18/h1-3,6,12H,4-5H2/t6-/m0/s1. The van der Waals surface area contributed by atoms with Gasteiger partial charge in [0, 0.05) is 22.8 Å². The molecule has 0 saturated heterocycles. The van der Waals surface area contributed by atoms with Gasteiger partial charge >= 0.3 is 0 Å². The molecule has 9 heteroatoms. The molecular weight excluding hydrogens is 374 g/mol. The van der Waals surface area contributed by atoms with Gasteiger partial charge in [-0.25, -0.2) is 0 Å². The maximum Gasteiger partial charge on any atom is 0.299 e. The van der Waals surface area contributed by atoms with Gasteiger partial charge in [-0.3, -0.25) is 20.2 Å². The zero-order valence-corrected chi connectivity index (χ0v) is 12.2. The molecule has 0 heterocycles. The Morgan fingerprint density at radius 3 is 2.44 bits per heavy atom. The van der Waals surface area contributed by atoms with E-state index in [1.165, 1.54) is 12.1 Å². The number of nitrogens with one attached hydrogen (secondary N) is 1. The van der Waals surface area contributed by atoms with E-state index in [1.54, 1.807) is 0 Å². The molecule has 0 aromatic heterocycles. The molecule has 1 aromatic carbocycles. The molecule has 1 rings (SSSR count). The fraction of sp³-hybridized carbons (Fsp3) is 0.333. The third-order valence-corrected chi connectivity index (χ3v) is 4.37. The highest BCUT2D eigenvalue weighted by atomic mass is 79.9. The van der Waals surface area contributed by atoms with Crippen LogP contribution in [0.4, 0.5) is 17.1 Å². The van der Waals surface area contributed by atoms with Crippen molar-refractivity contribution in [1.82, 2.24) is 0 Å². The largest absolute Gasteiger partial charge is 0.378 e. The topological polar surface area (TPSA) is 98.3 Å². The number of nitrogens with zero attached hydrogens (tertiary/aromatic N) is 2. The van der Waals surface area contributed by atoms with Gasteiger partial charge in [0.2, 0.25) is 0 Å². The van der Waals surface area contributed by atoms with Crippen LogP contribution in [0.3, 0.4) is 0 Å². The number of hydrogen-bond donors (Lipinski definition) is 1. The molecule has 0 aliphatic heterocycles. The first-order valence-electron chi connectivity index (χ1n) is 4.82. The number of non-ortho nitro benzene ring substituents is 1. The first-order chi connectivity index (χ1) is 8.45. The molecule has 98 valence electrons. The van der Waals surface area contributed by atoms with Crippen LogP contribution in [0.5, 0.6) is 0 Å². The van der Waals surface area contributed by atoms with Crippen molar-refractivity contribution in [1.29, 1.82) is 0 Å². The molecule has 1 N–H and O–H groups in total. The van der Waals surface area contributed by atoms with Gasteiger partial charge < -0.3 is 5.32 Å². The molecule has 0 fully saturated rings. The monoisotopic (exact) mass is 381 g/mol. The minimum Gasteiger partial charge on any atom is -0.378 e. The lowest BCUT2D eigenvalue weighted by Gasteiger charge is -2.09. The van der Waals surface area contributed by atoms with Crippen LogP contribution in [0, 0.1) is 20.2 Å². The molecule has 0 saturated carbocycles. The van der Waals surface area contributed by atoms with Crippen molar-refractivity contribution >= 4 is 48.9 Å². The summed E-state index contributed by atoms with van der Waals surface area (Å²) in [7, 11) is 0. The highest BCUT2D eigenvalue weighted by molar-refractivity contribution is 9.12. The summed E-state index contributed by atoms with van der Waals surface area (Å²) in [5.74, 6) is 0. The van der Waals surface area contributed by atoms with Crippen LogP contribution >= 0.6 is 31.9 Å². The molecule has 0 bridgehead atoms. The Morgan fingerprint density at radius 2 is 1.94 bits per heavy atom. The van der Waals surface area contributed by atoms with E-state index in [4.69, 9.17) is 0 Å². The minimum atomic E-state index is -0.664. The van der Waals surface area contributed by atoms with Crippen molar-refractivity contribution < 1.29 is 9.85 Å². The Hall–Kier alpha value is -1.22. The Morgan fingerprint density at radius 1 is 1.28 bits per heavy atom. The van der Waals surface area contributed by atoms with Gasteiger partial charge in [0.25, 0.3) is 11.4 Å². The number of benzene rings is 1. The number of nitro groups is 2. The van der Waals surface area contributed by atoms with Crippen LogP contribution in [0.25, 0.3) is 0 Å². The number of anilines is 1. The van der Waals surface area contributed by atoms with Crippen molar-refractivity contribution in [2.24, 2.45) is 0 Å². The lowest BCUT2D eigenvalue weighted by molar-refractivity contribution is -0.393. The molecule has 1 aromatic rings. The fourth-order valence-corrected chi connectivity index (χ4v) is 1.60. The average molecular weight is 383 g/mol. The van der Waals surface area contributed by atoms with Gasteiger partial charge in [0.1, 0.15) is 5.69 Å². The predicted molar refractivity (Wildman–Crippen MR) is 74.7 cm³/mol. The lowest BCUT2D eigenvalue weighted by Crippen LogP contribution is -2.15. The van der Waals surface area contributed by atoms with Crippen molar-refractivity contribution in [3.8, 4) is 0 Å². The minimum absolute atomic E-state index is 0.104. The van der Waals surface area contributed by atoms with E-state index in [2.05, 4.69) is 37.2 Å². The number of rotatable bonds is 6. The lowest BCUT2D eigenvalue weighted by atomic mass is 10.2. The molecule has 0 radical (unpaired) electrons. The fourth-order valence-electron chi connectivity index (χ4n) is 1.21. The first-order valence-corrected chi connectivity index (χ1v) is 6.86. The summed E-state index contributed by atoms with van der Waals surface area (Å²) in [5, 5.41) is 24.9. The van der Waals surface area contributed by atoms with Gasteiger partial charge in [0.15, 0.2) is 0 Å². The number of alkyl halides is 2. The quantitative estimate of drug-likeness (QED) is 0.463. The SMILES string of the molecule is O=[N+]([O-])c1ccc(NC[C@@H](Br)CBr)c([N+](=O)[O-])c1. The van der Waals surface area contributed by atoms with E-state index in [0.29, 0.717) is 11.9 Å². The van der Waals surface area contributed by atoms with E-state index in [-0.39, 0.29) is 21.9 Å². The summed E-state index contributed by atoms with van der Waals surface area (Å²) in [6.45, 7) is 0.462. The van der Waals surface area contributed by atoms with Gasteiger partial charge in [0.05, 0.1) is 15.9 Å². The van der Waals surface area contributed by atoms with E-state index >= 15 is 0 Å². The van der Waals surface area contributed by atoms with Crippen LogP contribution in [0.1, 0.15) is 0 Å². The zero-order valence-electron chi connectivity index (χ0n) is 9.01. The summed E-state index contributed by atoms with van der Waals surface area (Å²) < 4.78 is 0. The van der Waals surface area contributed by atoms with Gasteiger partial charge in [-0.2, -0.15) is 0 Å². The van der Waals surface area contributed by atoms with Crippen molar-refractivity contribution in [2.45, 2.75) is 4.83 Å². The summed E-state index contributed by atoms with van der Waals surface area (Å²) in [5.41, 5.74) is -0.349. The van der Waals surface area contributed by atoms with Gasteiger partial charge in [-0.1, -0.05) is 31.9 Å². The smallest absolute Gasteiger partial charge is 0.299 e. The van der Waals surface area contributed by atoms with Crippen molar-refractivity contribution in [3.05, 3.63) is 38.4 Å². The highest BCUT2D eigenvalue weighted by Crippen LogP contribution is 2.29. The normalized spacial score (nSPS) is 11.9. The second-order valence-corrected chi connectivity index (χ2v) is 5.29. The van der Waals surface area contributed by atoms with Gasteiger partial charge in [-0.15, -0.1) is 0 Å². The number of halogens is 2. The number of hydrogen-bond acceptors (Lipinski definition) is 5. The van der Waals surface area contributed by atoms with Crippen molar-refractivity contribution in [3.63, 3.8) is 0 Å². The Bertz CT molecular complexity index is 469. The molecule has 0 aliphatic carbocycles. The Balaban J connectivity index is 2.97.